The number of halogens is 3. The van der Waals surface area contributed by atoms with Gasteiger partial charge in [-0.3, -0.25) is 4.79 Å². The number of ether oxygens (including phenoxy) is 2. The Balaban J connectivity index is 1.48. The molecule has 5 rings (SSSR count). The fraction of sp³-hybridized carbons (Fsp3) is 0.457. The fourth-order valence-corrected chi connectivity index (χ4v) is 6.27. The van der Waals surface area contributed by atoms with Crippen LogP contribution in [0, 0.1) is 5.82 Å². The van der Waals surface area contributed by atoms with Gasteiger partial charge in [0, 0.05) is 51.7 Å². The molecule has 0 saturated carbocycles. The van der Waals surface area contributed by atoms with E-state index < -0.39 is 35.8 Å². The van der Waals surface area contributed by atoms with Gasteiger partial charge in [-0.1, -0.05) is 59.6 Å². The smallest absolute Gasteiger partial charge is 0.481 e. The van der Waals surface area contributed by atoms with E-state index >= 15 is 4.39 Å². The number of methoxy groups -OCH3 is 1. The number of nitrogens with zero attached hydrogens (tertiary/aromatic N) is 2. The average Bonchev–Trinajstić information content (AvgIpc) is 3.49. The lowest BCUT2D eigenvalue weighted by Crippen LogP contribution is -2.43. The summed E-state index contributed by atoms with van der Waals surface area (Å²) in [6.45, 7) is 13.3. The number of benzene rings is 2. The fourth-order valence-electron chi connectivity index (χ4n) is 5.64. The molecule has 1 N–H and O–H groups in total. The van der Waals surface area contributed by atoms with Crippen LogP contribution in [-0.2, 0) is 25.4 Å². The largest absolute Gasteiger partial charge is 0.496 e. The van der Waals surface area contributed by atoms with Crippen LogP contribution < -0.4 is 15.5 Å². The first-order valence-corrected chi connectivity index (χ1v) is 16.6. The van der Waals surface area contributed by atoms with E-state index in [-0.39, 0.29) is 41.6 Å². The van der Waals surface area contributed by atoms with Crippen LogP contribution in [0.25, 0.3) is 22.4 Å². The van der Waals surface area contributed by atoms with Crippen LogP contribution in [0.1, 0.15) is 66.9 Å². The highest BCUT2D eigenvalue weighted by Gasteiger charge is 2.52. The van der Waals surface area contributed by atoms with E-state index in [1.165, 1.54) is 18.1 Å². The Morgan fingerprint density at radius 1 is 1.06 bits per heavy atom. The summed E-state index contributed by atoms with van der Waals surface area (Å²) in [6, 6.07) is 11.7. The molecule has 9 nitrogen and oxygen atoms in total. The van der Waals surface area contributed by atoms with Gasteiger partial charge in [0.15, 0.2) is 0 Å². The lowest BCUT2D eigenvalue weighted by molar-refractivity contribution is -0.119. The molecular weight excluding hydrogens is 659 g/mol. The van der Waals surface area contributed by atoms with Gasteiger partial charge in [0.2, 0.25) is 11.8 Å². The highest BCUT2D eigenvalue weighted by atomic mass is 35.5. The van der Waals surface area contributed by atoms with Crippen LogP contribution in [-0.4, -0.2) is 65.5 Å². The number of hydrogen-bond donors (Lipinski definition) is 1. The Bertz CT molecular complexity index is 1720. The van der Waals surface area contributed by atoms with E-state index in [1.54, 1.807) is 39.0 Å². The van der Waals surface area contributed by atoms with E-state index in [2.05, 4.69) is 10.3 Å². The quantitative estimate of drug-likeness (QED) is 0.249. The van der Waals surface area contributed by atoms with Crippen LogP contribution in [0.2, 0.25) is 10.0 Å². The van der Waals surface area contributed by atoms with Gasteiger partial charge in [-0.05, 0) is 61.0 Å². The summed E-state index contributed by atoms with van der Waals surface area (Å²) >= 11 is 14.0. The van der Waals surface area contributed by atoms with Gasteiger partial charge in [0.1, 0.15) is 17.1 Å². The third kappa shape index (κ3) is 7.44. The Hall–Kier alpha value is -3.38. The van der Waals surface area contributed by atoms with Crippen molar-refractivity contribution in [1.29, 1.82) is 0 Å². The molecule has 2 saturated heterocycles. The van der Waals surface area contributed by atoms with Crippen molar-refractivity contribution in [2.75, 3.05) is 13.7 Å². The van der Waals surface area contributed by atoms with Crippen molar-refractivity contribution in [2.45, 2.75) is 90.7 Å². The van der Waals surface area contributed by atoms with Crippen molar-refractivity contribution < 1.29 is 32.8 Å². The Morgan fingerprint density at radius 2 is 1.67 bits per heavy atom. The maximum atomic E-state index is 16.0. The molecule has 2 aromatic carbocycles. The third-order valence-corrected chi connectivity index (χ3v) is 9.66. The van der Waals surface area contributed by atoms with Gasteiger partial charge in [-0.15, -0.1) is 0 Å². The average molecular weight is 700 g/mol. The molecule has 3 aromatic rings. The van der Waals surface area contributed by atoms with Gasteiger partial charge < -0.3 is 29.0 Å². The zero-order chi connectivity index (χ0) is 35.2. The SMILES string of the molecule is COc1nc(-c2cccc(-c3cccc(B4OC(C)(C)C(C)(C)O4)c3Cl)c2Cl)c(F)cc1CN(C[C@@H]1CCC(=O)N1)C(=O)OC(C)(C)C. The maximum Gasteiger partial charge on any atom is 0.496 e. The molecule has 1 aromatic heterocycles. The molecule has 0 bridgehead atoms. The zero-order valence-corrected chi connectivity index (χ0v) is 30.0. The van der Waals surface area contributed by atoms with Gasteiger partial charge in [-0.2, -0.15) is 0 Å². The molecule has 0 unspecified atom stereocenters. The van der Waals surface area contributed by atoms with Crippen molar-refractivity contribution in [3.63, 3.8) is 0 Å². The summed E-state index contributed by atoms with van der Waals surface area (Å²) in [5.41, 5.74) is 0.566. The molecule has 0 aliphatic carbocycles. The number of hydrogen-bond acceptors (Lipinski definition) is 7. The van der Waals surface area contributed by atoms with E-state index in [9.17, 15) is 9.59 Å². The number of nitrogens with one attached hydrogen (secondary N) is 1. The predicted molar refractivity (Wildman–Crippen MR) is 185 cm³/mol. The van der Waals surface area contributed by atoms with Crippen molar-refractivity contribution >= 4 is 47.8 Å². The predicted octanol–water partition coefficient (Wildman–Crippen LogP) is 7.19. The zero-order valence-electron chi connectivity index (χ0n) is 28.5. The number of aromatic nitrogens is 1. The van der Waals surface area contributed by atoms with Crippen molar-refractivity contribution in [1.82, 2.24) is 15.2 Å². The lowest BCUT2D eigenvalue weighted by Gasteiger charge is -2.32. The molecule has 3 heterocycles. The molecule has 48 heavy (non-hydrogen) atoms. The molecule has 256 valence electrons. The monoisotopic (exact) mass is 699 g/mol. The van der Waals surface area contributed by atoms with Crippen LogP contribution in [0.4, 0.5) is 9.18 Å². The second-order valence-electron chi connectivity index (χ2n) is 14.1. The summed E-state index contributed by atoms with van der Waals surface area (Å²) in [5.74, 6) is -0.642. The minimum atomic E-state index is -0.764. The van der Waals surface area contributed by atoms with Gasteiger partial charge in [0.25, 0.3) is 0 Å². The normalized spacial score (nSPS) is 18.5. The molecule has 2 aliphatic heterocycles. The molecule has 1 atom stereocenters. The van der Waals surface area contributed by atoms with Gasteiger partial charge in [-0.25, -0.2) is 14.2 Å². The first kappa shape index (κ1) is 35.9. The molecule has 0 spiro atoms. The van der Waals surface area contributed by atoms with Crippen LogP contribution in [0.15, 0.2) is 42.5 Å². The number of rotatable bonds is 8. The molecule has 2 fully saturated rings. The highest BCUT2D eigenvalue weighted by Crippen LogP contribution is 2.42. The standard InChI is InChI=1S/C35H41BCl2FN3O6/c1-33(2,3)46-32(44)42(19-21-15-16-27(43)40-21)18-20-17-26(39)30(41-31(20)45-8)24-13-9-11-22(28(24)37)23-12-10-14-25(29(23)38)36-47-34(4,5)35(6,7)48-36/h9-14,17,21H,15-16,18-19H2,1-8H3,(H,40,43)/t21-/m0/s1. The second kappa shape index (κ2) is 13.5. The Labute approximate surface area is 291 Å². The van der Waals surface area contributed by atoms with Gasteiger partial charge in [0.05, 0.1) is 29.9 Å². The number of carbonyl (C=O) groups is 2. The summed E-state index contributed by atoms with van der Waals surface area (Å²) in [6.07, 6.45) is 0.333. The van der Waals surface area contributed by atoms with E-state index in [0.29, 0.717) is 45.6 Å². The number of amides is 2. The molecule has 2 aliphatic rings. The summed E-state index contributed by atoms with van der Waals surface area (Å²) in [5, 5.41) is 3.50. The van der Waals surface area contributed by atoms with Crippen LogP contribution in [0.5, 0.6) is 5.88 Å². The summed E-state index contributed by atoms with van der Waals surface area (Å²) in [4.78, 5) is 31.0. The summed E-state index contributed by atoms with van der Waals surface area (Å²) in [7, 11) is 0.729. The number of pyridine rings is 1. The highest BCUT2D eigenvalue weighted by molar-refractivity contribution is 6.66. The summed E-state index contributed by atoms with van der Waals surface area (Å²) < 4.78 is 39.7. The van der Waals surface area contributed by atoms with Crippen LogP contribution in [0.3, 0.4) is 0 Å². The van der Waals surface area contributed by atoms with E-state index in [1.807, 2.05) is 45.9 Å². The van der Waals surface area contributed by atoms with Crippen molar-refractivity contribution in [2.24, 2.45) is 0 Å². The minimum Gasteiger partial charge on any atom is -0.481 e. The van der Waals surface area contributed by atoms with E-state index in [0.717, 1.165) is 0 Å². The van der Waals surface area contributed by atoms with Gasteiger partial charge >= 0.3 is 13.2 Å². The Morgan fingerprint density at radius 3 is 2.25 bits per heavy atom. The molecule has 2 amide bonds. The second-order valence-corrected chi connectivity index (χ2v) is 14.9. The van der Waals surface area contributed by atoms with Crippen LogP contribution >= 0.6 is 23.2 Å². The molecule has 13 heteroatoms. The maximum absolute atomic E-state index is 16.0. The van der Waals surface area contributed by atoms with Crippen molar-refractivity contribution in [3.8, 4) is 28.3 Å². The third-order valence-electron chi connectivity index (χ3n) is 8.83. The first-order chi connectivity index (χ1) is 22.4. The number of carbonyl (C=O) groups excluding carboxylic acids is 2. The Kier molecular flexibility index (Phi) is 10.1. The van der Waals surface area contributed by atoms with Crippen molar-refractivity contribution in [3.05, 3.63) is 63.9 Å². The minimum absolute atomic E-state index is 0.0347. The topological polar surface area (TPSA) is 99.2 Å². The molecule has 0 radical (unpaired) electrons. The first-order valence-electron chi connectivity index (χ1n) is 15.8. The lowest BCUT2D eigenvalue weighted by atomic mass is 9.77. The van der Waals surface area contributed by atoms with E-state index in [4.69, 9.17) is 42.0 Å². The molecular formula is C35H41BCl2FN3O6.